The van der Waals surface area contributed by atoms with Gasteiger partial charge >= 0.3 is 0 Å². The Morgan fingerprint density at radius 3 is 2.55 bits per heavy atom. The fraction of sp³-hybridized carbons (Fsp3) is 0.471. The van der Waals surface area contributed by atoms with Crippen LogP contribution in [0.2, 0.25) is 0 Å². The first-order valence-electron chi connectivity index (χ1n) is 7.41. The molecule has 1 aromatic carbocycles. The lowest BCUT2D eigenvalue weighted by molar-refractivity contribution is 0.148. The van der Waals surface area contributed by atoms with Crippen LogP contribution in [0.25, 0.3) is 10.9 Å². The predicted molar refractivity (Wildman–Crippen MR) is 86.8 cm³/mol. The van der Waals surface area contributed by atoms with Gasteiger partial charge in [0, 0.05) is 6.42 Å². The van der Waals surface area contributed by atoms with E-state index in [0.29, 0.717) is 34.9 Å². The summed E-state index contributed by atoms with van der Waals surface area (Å²) in [4.78, 5) is 15.2. The van der Waals surface area contributed by atoms with Crippen molar-refractivity contribution in [3.63, 3.8) is 0 Å². The molecule has 1 unspecified atom stereocenters. The number of aromatic nitrogens is 1. The van der Waals surface area contributed by atoms with E-state index >= 15 is 0 Å². The molecular formula is C17H23NO4. The highest BCUT2D eigenvalue weighted by Gasteiger charge is 2.19. The number of hydrogen-bond donors (Lipinski definition) is 2. The Bertz CT molecular complexity index is 706. The second-order valence-electron chi connectivity index (χ2n) is 5.84. The van der Waals surface area contributed by atoms with Crippen molar-refractivity contribution in [1.29, 1.82) is 0 Å². The van der Waals surface area contributed by atoms with Crippen LogP contribution in [0.1, 0.15) is 25.8 Å². The van der Waals surface area contributed by atoms with Gasteiger partial charge in [-0.05, 0) is 24.5 Å². The highest BCUT2D eigenvalue weighted by molar-refractivity contribution is 5.92. The zero-order chi connectivity index (χ0) is 16.3. The van der Waals surface area contributed by atoms with Crippen LogP contribution in [0.4, 0.5) is 0 Å². The average Bonchev–Trinajstić information content (AvgIpc) is 2.46. The third kappa shape index (κ3) is 3.25. The maximum absolute atomic E-state index is 12.3. The molecule has 0 saturated heterocycles. The summed E-state index contributed by atoms with van der Waals surface area (Å²) in [6, 6.07) is 5.43. The van der Waals surface area contributed by atoms with Crippen molar-refractivity contribution in [3.05, 3.63) is 34.1 Å². The van der Waals surface area contributed by atoms with Crippen LogP contribution >= 0.6 is 0 Å². The largest absolute Gasteiger partial charge is 0.496 e. The van der Waals surface area contributed by atoms with E-state index in [1.165, 1.54) is 7.11 Å². The van der Waals surface area contributed by atoms with Gasteiger partial charge in [-0.15, -0.1) is 0 Å². The molecule has 0 aliphatic heterocycles. The third-order valence-electron chi connectivity index (χ3n) is 3.66. The number of nitrogens with one attached hydrogen (secondary N) is 1. The molecule has 0 radical (unpaired) electrons. The van der Waals surface area contributed by atoms with Crippen LogP contribution < -0.4 is 15.0 Å². The van der Waals surface area contributed by atoms with Crippen LogP contribution in [-0.2, 0) is 6.42 Å². The minimum Gasteiger partial charge on any atom is -0.496 e. The highest BCUT2D eigenvalue weighted by Crippen LogP contribution is 2.34. The predicted octanol–water partition coefficient (Wildman–Crippen LogP) is 2.49. The molecule has 1 heterocycles. The number of fused-ring (bicyclic) bond motifs is 1. The second kappa shape index (κ2) is 6.83. The fourth-order valence-corrected chi connectivity index (χ4v) is 2.77. The highest BCUT2D eigenvalue weighted by atomic mass is 16.5. The van der Waals surface area contributed by atoms with Crippen molar-refractivity contribution >= 4 is 10.9 Å². The van der Waals surface area contributed by atoms with Crippen molar-refractivity contribution in [1.82, 2.24) is 4.98 Å². The molecule has 0 fully saturated rings. The monoisotopic (exact) mass is 305 g/mol. The summed E-state index contributed by atoms with van der Waals surface area (Å²) >= 11 is 0. The second-order valence-corrected chi connectivity index (χ2v) is 5.84. The standard InChI is InChI=1S/C17H23NO4/c1-10(2)8-11(19)9-12-16(22-4)15-13(18-17(12)20)6-5-7-14(15)21-3/h5-7,10-11,19H,8-9H2,1-4H3,(H,18,20). The van der Waals surface area contributed by atoms with Gasteiger partial charge in [-0.3, -0.25) is 4.79 Å². The molecule has 0 spiro atoms. The molecule has 0 amide bonds. The number of H-pyrrole nitrogens is 1. The van der Waals surface area contributed by atoms with Gasteiger partial charge in [-0.2, -0.15) is 0 Å². The van der Waals surface area contributed by atoms with E-state index in [9.17, 15) is 9.90 Å². The maximum Gasteiger partial charge on any atom is 0.255 e. The molecule has 2 N–H and O–H groups in total. The average molecular weight is 305 g/mol. The number of ether oxygens (including phenoxy) is 2. The summed E-state index contributed by atoms with van der Waals surface area (Å²) in [6.07, 6.45) is 0.305. The van der Waals surface area contributed by atoms with E-state index in [1.807, 2.05) is 26.0 Å². The van der Waals surface area contributed by atoms with Crippen LogP contribution in [0.15, 0.2) is 23.0 Å². The van der Waals surface area contributed by atoms with Gasteiger partial charge in [-0.25, -0.2) is 0 Å². The van der Waals surface area contributed by atoms with Crippen molar-refractivity contribution in [2.24, 2.45) is 5.92 Å². The molecule has 2 rings (SSSR count). The van der Waals surface area contributed by atoms with Gasteiger partial charge in [0.1, 0.15) is 11.5 Å². The Labute approximate surface area is 129 Å². The SMILES string of the molecule is COc1cccc2[nH]c(=O)c(CC(O)CC(C)C)c(OC)c12. The minimum atomic E-state index is -0.581. The van der Waals surface area contributed by atoms with Gasteiger partial charge in [0.05, 0.1) is 36.8 Å². The van der Waals surface area contributed by atoms with Crippen LogP contribution in [0, 0.1) is 5.92 Å². The molecule has 0 saturated carbocycles. The van der Waals surface area contributed by atoms with Gasteiger partial charge in [0.2, 0.25) is 0 Å². The first-order valence-corrected chi connectivity index (χ1v) is 7.41. The molecule has 1 atom stereocenters. The Kier molecular flexibility index (Phi) is 5.08. The van der Waals surface area contributed by atoms with Gasteiger partial charge in [-0.1, -0.05) is 19.9 Å². The smallest absolute Gasteiger partial charge is 0.255 e. The summed E-state index contributed by atoms with van der Waals surface area (Å²) in [5.41, 5.74) is 0.872. The van der Waals surface area contributed by atoms with Crippen LogP contribution in [0.5, 0.6) is 11.5 Å². The molecule has 0 aliphatic rings. The van der Waals surface area contributed by atoms with E-state index in [0.717, 1.165) is 5.39 Å². The van der Waals surface area contributed by atoms with Crippen LogP contribution in [-0.4, -0.2) is 30.4 Å². The Balaban J connectivity index is 2.58. The van der Waals surface area contributed by atoms with Crippen molar-refractivity contribution in [2.75, 3.05) is 14.2 Å². The van der Waals surface area contributed by atoms with Crippen molar-refractivity contribution < 1.29 is 14.6 Å². The lowest BCUT2D eigenvalue weighted by Gasteiger charge is -2.17. The van der Waals surface area contributed by atoms with Gasteiger partial charge < -0.3 is 19.6 Å². The normalized spacial score (nSPS) is 12.6. The quantitative estimate of drug-likeness (QED) is 0.860. The summed E-state index contributed by atoms with van der Waals surface area (Å²) in [5, 5.41) is 10.9. The van der Waals surface area contributed by atoms with E-state index in [4.69, 9.17) is 9.47 Å². The minimum absolute atomic E-state index is 0.236. The summed E-state index contributed by atoms with van der Waals surface area (Å²) in [7, 11) is 3.10. The number of aliphatic hydroxyl groups is 1. The van der Waals surface area contributed by atoms with E-state index in [1.54, 1.807) is 13.2 Å². The number of rotatable bonds is 6. The molecule has 0 bridgehead atoms. The maximum atomic E-state index is 12.3. The molecule has 5 heteroatoms. The Morgan fingerprint density at radius 2 is 1.95 bits per heavy atom. The zero-order valence-electron chi connectivity index (χ0n) is 13.5. The molecule has 22 heavy (non-hydrogen) atoms. The topological polar surface area (TPSA) is 71.6 Å². The van der Waals surface area contributed by atoms with Gasteiger partial charge in [0.15, 0.2) is 0 Å². The van der Waals surface area contributed by atoms with Crippen molar-refractivity contribution in [3.8, 4) is 11.5 Å². The molecule has 5 nitrogen and oxygen atoms in total. The zero-order valence-corrected chi connectivity index (χ0v) is 13.5. The number of aliphatic hydroxyl groups excluding tert-OH is 1. The lowest BCUT2D eigenvalue weighted by atomic mass is 9.98. The summed E-state index contributed by atoms with van der Waals surface area (Å²) in [5.74, 6) is 1.46. The molecule has 0 aliphatic carbocycles. The number of pyridine rings is 1. The third-order valence-corrected chi connectivity index (χ3v) is 3.66. The summed E-state index contributed by atoms with van der Waals surface area (Å²) < 4.78 is 10.8. The van der Waals surface area contributed by atoms with Gasteiger partial charge in [0.25, 0.3) is 5.56 Å². The van der Waals surface area contributed by atoms with Crippen LogP contribution in [0.3, 0.4) is 0 Å². The fourth-order valence-electron chi connectivity index (χ4n) is 2.77. The molecule has 1 aromatic heterocycles. The lowest BCUT2D eigenvalue weighted by Crippen LogP contribution is -2.22. The van der Waals surface area contributed by atoms with E-state index < -0.39 is 6.10 Å². The molecular weight excluding hydrogens is 282 g/mol. The Hall–Kier alpha value is -2.01. The number of benzene rings is 1. The first-order chi connectivity index (χ1) is 10.5. The van der Waals surface area contributed by atoms with Crippen molar-refractivity contribution in [2.45, 2.75) is 32.8 Å². The van der Waals surface area contributed by atoms with E-state index in [-0.39, 0.29) is 12.0 Å². The number of methoxy groups -OCH3 is 2. The summed E-state index contributed by atoms with van der Waals surface area (Å²) in [6.45, 7) is 4.07. The first kappa shape index (κ1) is 16.4. The van der Waals surface area contributed by atoms with E-state index in [2.05, 4.69) is 4.98 Å². The molecule has 120 valence electrons. The number of aromatic amines is 1. The Morgan fingerprint density at radius 1 is 1.23 bits per heavy atom. The molecule has 2 aromatic rings. The number of hydrogen-bond acceptors (Lipinski definition) is 4.